The first-order valence-electron chi connectivity index (χ1n) is 7.24. The highest BCUT2D eigenvalue weighted by Crippen LogP contribution is 2.17. The number of ether oxygens (including phenoxy) is 2. The van der Waals surface area contributed by atoms with Gasteiger partial charge in [-0.1, -0.05) is 12.1 Å². The minimum Gasteiger partial charge on any atom is -0.462 e. The Balaban J connectivity index is 2.20. The van der Waals surface area contributed by atoms with E-state index in [0.29, 0.717) is 17.9 Å². The molecule has 122 valence electrons. The molecule has 0 aliphatic carbocycles. The molecule has 8 heteroatoms. The molecule has 1 aromatic heterocycles. The van der Waals surface area contributed by atoms with E-state index in [0.717, 1.165) is 6.42 Å². The topological polar surface area (TPSA) is 109 Å². The summed E-state index contributed by atoms with van der Waals surface area (Å²) in [6.07, 6.45) is 0.760. The normalized spacial score (nSPS) is 10.3. The summed E-state index contributed by atoms with van der Waals surface area (Å²) < 4.78 is 11.2. The second kappa shape index (κ2) is 7.39. The molecular weight excluding hydrogens is 300 g/mol. The van der Waals surface area contributed by atoms with Gasteiger partial charge < -0.3 is 15.2 Å². The van der Waals surface area contributed by atoms with Crippen LogP contribution in [0.4, 0.5) is 5.82 Å². The van der Waals surface area contributed by atoms with Gasteiger partial charge in [-0.05, 0) is 37.6 Å². The van der Waals surface area contributed by atoms with E-state index < -0.39 is 11.9 Å². The van der Waals surface area contributed by atoms with E-state index >= 15 is 0 Å². The van der Waals surface area contributed by atoms with E-state index in [1.54, 1.807) is 31.2 Å². The Labute approximate surface area is 133 Å². The number of carbonyl (C=O) groups excluding carboxylic acids is 2. The van der Waals surface area contributed by atoms with Crippen LogP contribution in [0.2, 0.25) is 0 Å². The molecule has 0 fully saturated rings. The van der Waals surface area contributed by atoms with Gasteiger partial charge in [0.1, 0.15) is 0 Å². The molecule has 0 aliphatic heterocycles. The lowest BCUT2D eigenvalue weighted by atomic mass is 10.2. The Morgan fingerprint density at radius 1 is 1.13 bits per heavy atom. The van der Waals surface area contributed by atoms with Crippen molar-refractivity contribution in [1.29, 1.82) is 0 Å². The molecule has 0 bridgehead atoms. The number of rotatable bonds is 6. The van der Waals surface area contributed by atoms with Crippen molar-refractivity contribution < 1.29 is 19.1 Å². The van der Waals surface area contributed by atoms with Crippen LogP contribution in [0.25, 0.3) is 5.69 Å². The van der Waals surface area contributed by atoms with Crippen molar-refractivity contribution >= 4 is 17.8 Å². The zero-order valence-electron chi connectivity index (χ0n) is 13.0. The van der Waals surface area contributed by atoms with Crippen LogP contribution in [0.3, 0.4) is 0 Å². The SMILES string of the molecule is CCCOC(=O)c1ccc(-n2nnc(C(=O)OCC)c2N)cc1. The number of anilines is 1. The van der Waals surface area contributed by atoms with E-state index in [2.05, 4.69) is 10.3 Å². The van der Waals surface area contributed by atoms with Gasteiger partial charge in [0, 0.05) is 0 Å². The van der Waals surface area contributed by atoms with Crippen molar-refractivity contribution in [3.63, 3.8) is 0 Å². The summed E-state index contributed by atoms with van der Waals surface area (Å²) in [6.45, 7) is 4.21. The molecular formula is C15H18N4O4. The zero-order chi connectivity index (χ0) is 16.8. The van der Waals surface area contributed by atoms with Gasteiger partial charge in [-0.2, -0.15) is 4.68 Å². The number of nitrogens with zero attached hydrogens (tertiary/aromatic N) is 3. The number of esters is 2. The molecule has 0 spiro atoms. The number of nitrogen functional groups attached to an aromatic ring is 1. The van der Waals surface area contributed by atoms with Gasteiger partial charge >= 0.3 is 11.9 Å². The quantitative estimate of drug-likeness (QED) is 0.805. The van der Waals surface area contributed by atoms with Crippen LogP contribution >= 0.6 is 0 Å². The van der Waals surface area contributed by atoms with Crippen LogP contribution in [-0.2, 0) is 9.47 Å². The smallest absolute Gasteiger partial charge is 0.362 e. The fraction of sp³-hybridized carbons (Fsp3) is 0.333. The summed E-state index contributed by atoms with van der Waals surface area (Å²) >= 11 is 0. The highest BCUT2D eigenvalue weighted by molar-refractivity contribution is 5.92. The monoisotopic (exact) mass is 318 g/mol. The molecule has 23 heavy (non-hydrogen) atoms. The van der Waals surface area contributed by atoms with Crippen LogP contribution in [0, 0.1) is 0 Å². The number of carbonyl (C=O) groups is 2. The molecule has 0 saturated heterocycles. The highest BCUT2D eigenvalue weighted by atomic mass is 16.5. The minimum absolute atomic E-state index is 0.0433. The van der Waals surface area contributed by atoms with Crippen molar-refractivity contribution in [3.05, 3.63) is 35.5 Å². The van der Waals surface area contributed by atoms with Crippen molar-refractivity contribution in [2.24, 2.45) is 0 Å². The average molecular weight is 318 g/mol. The molecule has 2 rings (SSSR count). The molecule has 1 aromatic carbocycles. The molecule has 0 radical (unpaired) electrons. The van der Waals surface area contributed by atoms with Crippen molar-refractivity contribution in [3.8, 4) is 5.69 Å². The van der Waals surface area contributed by atoms with Crippen LogP contribution in [0.15, 0.2) is 24.3 Å². The first-order chi connectivity index (χ1) is 11.1. The Morgan fingerprint density at radius 2 is 1.83 bits per heavy atom. The first-order valence-corrected chi connectivity index (χ1v) is 7.24. The second-order valence-corrected chi connectivity index (χ2v) is 4.64. The average Bonchev–Trinajstić information content (AvgIpc) is 2.94. The molecule has 0 aliphatic rings. The molecule has 0 amide bonds. The molecule has 2 N–H and O–H groups in total. The lowest BCUT2D eigenvalue weighted by Gasteiger charge is -2.06. The minimum atomic E-state index is -0.629. The highest BCUT2D eigenvalue weighted by Gasteiger charge is 2.19. The largest absolute Gasteiger partial charge is 0.462 e. The predicted molar refractivity (Wildman–Crippen MR) is 82.3 cm³/mol. The Bertz CT molecular complexity index is 694. The predicted octanol–water partition coefficient (Wildman–Crippen LogP) is 1.59. The summed E-state index contributed by atoms with van der Waals surface area (Å²) in [5.41, 5.74) is 6.82. The number of aromatic nitrogens is 3. The van der Waals surface area contributed by atoms with Crippen LogP contribution in [0.5, 0.6) is 0 Å². The van der Waals surface area contributed by atoms with Crippen LogP contribution in [0.1, 0.15) is 41.1 Å². The van der Waals surface area contributed by atoms with Gasteiger partial charge in [-0.25, -0.2) is 9.59 Å². The maximum absolute atomic E-state index is 11.7. The lowest BCUT2D eigenvalue weighted by Crippen LogP contribution is -2.10. The van der Waals surface area contributed by atoms with Crippen LogP contribution in [-0.4, -0.2) is 40.1 Å². The Hall–Kier alpha value is -2.90. The van der Waals surface area contributed by atoms with E-state index in [9.17, 15) is 9.59 Å². The first kappa shape index (κ1) is 16.5. The Morgan fingerprint density at radius 3 is 2.43 bits per heavy atom. The summed E-state index contributed by atoms with van der Waals surface area (Å²) in [4.78, 5) is 23.4. The summed E-state index contributed by atoms with van der Waals surface area (Å²) in [7, 11) is 0. The number of hydrogen-bond donors (Lipinski definition) is 1. The fourth-order valence-electron chi connectivity index (χ4n) is 1.84. The standard InChI is InChI=1S/C15H18N4O4/c1-3-9-23-14(20)10-5-7-11(8-6-10)19-13(16)12(17-18-19)15(21)22-4-2/h5-8H,3-4,9,16H2,1-2H3. The van der Waals surface area contributed by atoms with E-state index in [-0.39, 0.29) is 18.1 Å². The maximum Gasteiger partial charge on any atom is 0.362 e. The summed E-state index contributed by atoms with van der Waals surface area (Å²) in [5.74, 6) is -0.946. The van der Waals surface area contributed by atoms with E-state index in [1.165, 1.54) is 4.68 Å². The molecule has 8 nitrogen and oxygen atoms in total. The number of hydrogen-bond acceptors (Lipinski definition) is 7. The molecule has 0 atom stereocenters. The third-order valence-corrected chi connectivity index (χ3v) is 2.96. The number of nitrogens with two attached hydrogens (primary N) is 1. The molecule has 2 aromatic rings. The maximum atomic E-state index is 11.7. The third-order valence-electron chi connectivity index (χ3n) is 2.96. The third kappa shape index (κ3) is 3.65. The number of benzene rings is 1. The molecule has 0 unspecified atom stereocenters. The van der Waals surface area contributed by atoms with Gasteiger partial charge in [0.15, 0.2) is 5.82 Å². The van der Waals surface area contributed by atoms with E-state index in [1.807, 2.05) is 6.92 Å². The van der Waals surface area contributed by atoms with Crippen molar-refractivity contribution in [2.75, 3.05) is 18.9 Å². The van der Waals surface area contributed by atoms with Gasteiger partial charge in [0.05, 0.1) is 24.5 Å². The van der Waals surface area contributed by atoms with Gasteiger partial charge in [0.25, 0.3) is 0 Å². The van der Waals surface area contributed by atoms with Crippen LogP contribution < -0.4 is 5.73 Å². The van der Waals surface area contributed by atoms with E-state index in [4.69, 9.17) is 15.2 Å². The van der Waals surface area contributed by atoms with Crippen molar-refractivity contribution in [2.45, 2.75) is 20.3 Å². The second-order valence-electron chi connectivity index (χ2n) is 4.64. The lowest BCUT2D eigenvalue weighted by molar-refractivity contribution is 0.0500. The van der Waals surface area contributed by atoms with Gasteiger partial charge in [-0.15, -0.1) is 5.10 Å². The Kier molecular flexibility index (Phi) is 5.29. The zero-order valence-corrected chi connectivity index (χ0v) is 13.0. The molecule has 1 heterocycles. The van der Waals surface area contributed by atoms with Gasteiger partial charge in [0.2, 0.25) is 5.69 Å². The summed E-state index contributed by atoms with van der Waals surface area (Å²) in [6, 6.07) is 6.47. The van der Waals surface area contributed by atoms with Crippen molar-refractivity contribution in [1.82, 2.24) is 15.0 Å². The van der Waals surface area contributed by atoms with Gasteiger partial charge in [-0.3, -0.25) is 0 Å². The molecule has 0 saturated carbocycles. The fourth-order valence-corrected chi connectivity index (χ4v) is 1.84. The summed E-state index contributed by atoms with van der Waals surface area (Å²) in [5, 5.41) is 7.57.